The van der Waals surface area contributed by atoms with Gasteiger partial charge in [-0.05, 0) is 18.2 Å². The molecule has 0 aliphatic heterocycles. The minimum Gasteiger partial charge on any atom is -0.496 e. The average molecular weight is 344 g/mol. The Morgan fingerprint density at radius 2 is 1.72 bits per heavy atom. The van der Waals surface area contributed by atoms with Crippen LogP contribution in [-0.4, -0.2) is 39.9 Å². The predicted octanol–water partition coefficient (Wildman–Crippen LogP) is 2.76. The zero-order valence-corrected chi connectivity index (χ0v) is 14.5. The Labute approximate surface area is 148 Å². The van der Waals surface area contributed by atoms with E-state index in [0.29, 0.717) is 19.7 Å². The highest BCUT2D eigenvalue weighted by Gasteiger charge is 2.16. The second kappa shape index (κ2) is 10.2. The highest BCUT2D eigenvalue weighted by atomic mass is 16.5. The van der Waals surface area contributed by atoms with E-state index in [-0.39, 0.29) is 12.1 Å². The first kappa shape index (κ1) is 18.6. The fourth-order valence-corrected chi connectivity index (χ4v) is 2.35. The number of urea groups is 1. The maximum atomic E-state index is 11.9. The summed E-state index contributed by atoms with van der Waals surface area (Å²) in [5, 5.41) is 5.55. The molecular formula is C19H24N2O4. The summed E-state index contributed by atoms with van der Waals surface area (Å²) >= 11 is 0. The Morgan fingerprint density at radius 1 is 1.00 bits per heavy atom. The molecule has 0 aromatic heterocycles. The van der Waals surface area contributed by atoms with Crippen LogP contribution in [0.15, 0.2) is 54.6 Å². The Balaban J connectivity index is 1.72. The first-order valence-electron chi connectivity index (χ1n) is 8.10. The second-order valence-electron chi connectivity index (χ2n) is 5.26. The van der Waals surface area contributed by atoms with Crippen LogP contribution in [0.4, 0.5) is 4.79 Å². The molecule has 134 valence electrons. The fraction of sp³-hybridized carbons (Fsp3) is 0.316. The van der Waals surface area contributed by atoms with Crippen molar-refractivity contribution in [3.8, 4) is 11.5 Å². The van der Waals surface area contributed by atoms with Crippen LogP contribution in [0, 0.1) is 0 Å². The van der Waals surface area contributed by atoms with Crippen LogP contribution in [0.25, 0.3) is 0 Å². The van der Waals surface area contributed by atoms with E-state index in [1.54, 1.807) is 14.2 Å². The average Bonchev–Trinajstić information content (AvgIpc) is 2.67. The molecule has 2 aromatic rings. The van der Waals surface area contributed by atoms with Gasteiger partial charge in [0, 0.05) is 19.2 Å². The quantitative estimate of drug-likeness (QED) is 0.687. The third kappa shape index (κ3) is 6.00. The lowest BCUT2D eigenvalue weighted by molar-refractivity contribution is 0.101. The van der Waals surface area contributed by atoms with Crippen molar-refractivity contribution in [2.75, 3.05) is 33.9 Å². The summed E-state index contributed by atoms with van der Waals surface area (Å²) in [6.45, 7) is 1.15. The molecule has 0 saturated heterocycles. The lowest BCUT2D eigenvalue weighted by Gasteiger charge is -2.19. The summed E-state index contributed by atoms with van der Waals surface area (Å²) in [7, 11) is 3.21. The van der Waals surface area contributed by atoms with Crippen molar-refractivity contribution < 1.29 is 19.0 Å². The van der Waals surface area contributed by atoms with Crippen LogP contribution in [-0.2, 0) is 4.74 Å². The maximum Gasteiger partial charge on any atom is 0.315 e. The van der Waals surface area contributed by atoms with Gasteiger partial charge >= 0.3 is 6.03 Å². The van der Waals surface area contributed by atoms with E-state index >= 15 is 0 Å². The number of amides is 2. The van der Waals surface area contributed by atoms with Gasteiger partial charge in [-0.3, -0.25) is 0 Å². The van der Waals surface area contributed by atoms with E-state index < -0.39 is 0 Å². The van der Waals surface area contributed by atoms with Gasteiger partial charge in [0.2, 0.25) is 0 Å². The molecule has 0 bridgehead atoms. The SMILES string of the molecule is COc1ccccc1C(CNC(=O)NCCOc1ccccc1)OC. The van der Waals surface area contributed by atoms with Gasteiger partial charge in [0.05, 0.1) is 13.7 Å². The number of rotatable bonds is 9. The number of carbonyl (C=O) groups excluding carboxylic acids is 1. The molecule has 0 aliphatic carbocycles. The Morgan fingerprint density at radius 3 is 2.44 bits per heavy atom. The van der Waals surface area contributed by atoms with Crippen LogP contribution in [0.3, 0.4) is 0 Å². The molecule has 2 amide bonds. The van der Waals surface area contributed by atoms with Gasteiger partial charge in [-0.2, -0.15) is 0 Å². The van der Waals surface area contributed by atoms with E-state index in [9.17, 15) is 4.79 Å². The lowest BCUT2D eigenvalue weighted by atomic mass is 10.1. The lowest BCUT2D eigenvalue weighted by Crippen LogP contribution is -2.39. The normalized spacial score (nSPS) is 11.4. The topological polar surface area (TPSA) is 68.8 Å². The largest absolute Gasteiger partial charge is 0.496 e. The van der Waals surface area contributed by atoms with Crippen molar-refractivity contribution in [2.24, 2.45) is 0 Å². The number of hydrogen-bond acceptors (Lipinski definition) is 4. The molecule has 6 nitrogen and oxygen atoms in total. The molecule has 0 saturated carbocycles. The number of carbonyl (C=O) groups is 1. The molecule has 0 aliphatic rings. The monoisotopic (exact) mass is 344 g/mol. The highest BCUT2D eigenvalue weighted by Crippen LogP contribution is 2.26. The Hall–Kier alpha value is -2.73. The standard InChI is InChI=1S/C19H24N2O4/c1-23-17-11-7-6-10-16(17)18(24-2)14-21-19(22)20-12-13-25-15-8-4-3-5-9-15/h3-11,18H,12-14H2,1-2H3,(H2,20,21,22). The molecule has 2 N–H and O–H groups in total. The number of benzene rings is 2. The summed E-state index contributed by atoms with van der Waals surface area (Å²) in [5.41, 5.74) is 0.889. The zero-order chi connectivity index (χ0) is 17.9. The third-order valence-corrected chi connectivity index (χ3v) is 3.62. The van der Waals surface area contributed by atoms with Crippen LogP contribution in [0.5, 0.6) is 11.5 Å². The first-order valence-corrected chi connectivity index (χ1v) is 8.10. The second-order valence-corrected chi connectivity index (χ2v) is 5.26. The molecule has 0 radical (unpaired) electrons. The predicted molar refractivity (Wildman–Crippen MR) is 96.1 cm³/mol. The van der Waals surface area contributed by atoms with Gasteiger partial charge in [0.15, 0.2) is 0 Å². The van der Waals surface area contributed by atoms with E-state index in [1.807, 2.05) is 54.6 Å². The molecule has 2 rings (SSSR count). The summed E-state index contributed by atoms with van der Waals surface area (Å²) in [4.78, 5) is 11.9. The smallest absolute Gasteiger partial charge is 0.315 e. The van der Waals surface area contributed by atoms with Gasteiger partial charge in [-0.15, -0.1) is 0 Å². The summed E-state index contributed by atoms with van der Waals surface area (Å²) < 4.78 is 16.3. The summed E-state index contributed by atoms with van der Waals surface area (Å²) in [5.74, 6) is 1.51. The van der Waals surface area contributed by atoms with Gasteiger partial charge in [0.1, 0.15) is 24.2 Å². The fourth-order valence-electron chi connectivity index (χ4n) is 2.35. The van der Waals surface area contributed by atoms with Crippen molar-refractivity contribution in [3.05, 3.63) is 60.2 Å². The molecule has 0 spiro atoms. The van der Waals surface area contributed by atoms with Crippen LogP contribution >= 0.6 is 0 Å². The minimum atomic E-state index is -0.289. The number of methoxy groups -OCH3 is 2. The number of ether oxygens (including phenoxy) is 3. The summed E-state index contributed by atoms with van der Waals surface area (Å²) in [6.07, 6.45) is -0.289. The molecule has 1 atom stereocenters. The van der Waals surface area contributed by atoms with E-state index in [4.69, 9.17) is 14.2 Å². The Bertz CT molecular complexity index is 649. The molecular weight excluding hydrogens is 320 g/mol. The van der Waals surface area contributed by atoms with Crippen molar-refractivity contribution in [2.45, 2.75) is 6.10 Å². The van der Waals surface area contributed by atoms with Crippen molar-refractivity contribution >= 4 is 6.03 Å². The van der Waals surface area contributed by atoms with Crippen LogP contribution in [0.1, 0.15) is 11.7 Å². The highest BCUT2D eigenvalue weighted by molar-refractivity contribution is 5.73. The van der Waals surface area contributed by atoms with Gasteiger partial charge < -0.3 is 24.8 Å². The van der Waals surface area contributed by atoms with Crippen molar-refractivity contribution in [3.63, 3.8) is 0 Å². The molecule has 6 heteroatoms. The van der Waals surface area contributed by atoms with Crippen molar-refractivity contribution in [1.29, 1.82) is 0 Å². The van der Waals surface area contributed by atoms with E-state index in [1.165, 1.54) is 0 Å². The van der Waals surface area contributed by atoms with E-state index in [2.05, 4.69) is 10.6 Å². The maximum absolute atomic E-state index is 11.9. The number of hydrogen-bond donors (Lipinski definition) is 2. The van der Waals surface area contributed by atoms with Gasteiger partial charge in [-0.25, -0.2) is 4.79 Å². The number of nitrogens with one attached hydrogen (secondary N) is 2. The molecule has 0 fully saturated rings. The first-order chi connectivity index (χ1) is 12.2. The zero-order valence-electron chi connectivity index (χ0n) is 14.5. The van der Waals surface area contributed by atoms with Gasteiger partial charge in [0.25, 0.3) is 0 Å². The number of para-hydroxylation sites is 2. The minimum absolute atomic E-state index is 0.270. The van der Waals surface area contributed by atoms with Gasteiger partial charge in [-0.1, -0.05) is 36.4 Å². The summed E-state index contributed by atoms with van der Waals surface area (Å²) in [6, 6.07) is 16.8. The van der Waals surface area contributed by atoms with Crippen LogP contribution in [0.2, 0.25) is 0 Å². The Kier molecular flexibility index (Phi) is 7.59. The molecule has 25 heavy (non-hydrogen) atoms. The third-order valence-electron chi connectivity index (χ3n) is 3.62. The van der Waals surface area contributed by atoms with Crippen molar-refractivity contribution in [1.82, 2.24) is 10.6 Å². The van der Waals surface area contributed by atoms with Crippen LogP contribution < -0.4 is 20.1 Å². The molecule has 1 unspecified atom stereocenters. The molecule has 0 heterocycles. The molecule has 2 aromatic carbocycles. The van der Waals surface area contributed by atoms with E-state index in [0.717, 1.165) is 17.1 Å².